The Hall–Kier alpha value is -1.59. The van der Waals surface area contributed by atoms with Crippen molar-refractivity contribution in [1.82, 2.24) is 9.80 Å². The van der Waals surface area contributed by atoms with Crippen LogP contribution < -0.4 is 0 Å². The lowest BCUT2D eigenvalue weighted by atomic mass is 10.1. The third kappa shape index (κ3) is 3.72. The fourth-order valence-corrected chi connectivity index (χ4v) is 2.15. The van der Waals surface area contributed by atoms with Crippen LogP contribution in [0, 0.1) is 11.8 Å². The molecule has 1 atom stereocenters. The molecule has 1 heterocycles. The van der Waals surface area contributed by atoms with Gasteiger partial charge in [0.25, 0.3) is 0 Å². The number of amides is 2. The van der Waals surface area contributed by atoms with Gasteiger partial charge in [-0.25, -0.2) is 0 Å². The molecule has 6 nitrogen and oxygen atoms in total. The molecule has 0 aromatic carbocycles. The fourth-order valence-electron chi connectivity index (χ4n) is 2.15. The van der Waals surface area contributed by atoms with E-state index in [1.54, 1.807) is 4.90 Å². The maximum absolute atomic E-state index is 11.9. The smallest absolute Gasteiger partial charge is 0.323 e. The highest BCUT2D eigenvalue weighted by Gasteiger charge is 2.35. The fraction of sp³-hybridized carbons (Fsp3) is 0.750. The Labute approximate surface area is 107 Å². The van der Waals surface area contributed by atoms with Gasteiger partial charge < -0.3 is 14.9 Å². The number of rotatable bonds is 5. The van der Waals surface area contributed by atoms with Crippen LogP contribution in [0.4, 0.5) is 0 Å². The van der Waals surface area contributed by atoms with Crippen molar-refractivity contribution in [3.8, 4) is 0 Å². The van der Waals surface area contributed by atoms with E-state index in [2.05, 4.69) is 0 Å². The third-order valence-corrected chi connectivity index (χ3v) is 2.90. The minimum Gasteiger partial charge on any atom is -0.480 e. The minimum atomic E-state index is -1.05. The molecule has 1 unspecified atom stereocenters. The van der Waals surface area contributed by atoms with Gasteiger partial charge in [0, 0.05) is 26.6 Å². The van der Waals surface area contributed by atoms with Crippen molar-refractivity contribution in [2.45, 2.75) is 20.3 Å². The summed E-state index contributed by atoms with van der Waals surface area (Å²) in [5.74, 6) is -1.38. The van der Waals surface area contributed by atoms with E-state index in [0.717, 1.165) is 0 Å². The molecule has 1 N–H and O–H groups in total. The summed E-state index contributed by atoms with van der Waals surface area (Å²) >= 11 is 0. The number of carbonyl (C=O) groups excluding carboxylic acids is 2. The summed E-state index contributed by atoms with van der Waals surface area (Å²) < 4.78 is 0. The van der Waals surface area contributed by atoms with Crippen LogP contribution in [0.5, 0.6) is 0 Å². The number of carboxylic acid groups (broad SMARTS) is 1. The van der Waals surface area contributed by atoms with E-state index in [1.165, 1.54) is 11.9 Å². The lowest BCUT2D eigenvalue weighted by Gasteiger charge is -2.21. The van der Waals surface area contributed by atoms with Crippen LogP contribution in [0.1, 0.15) is 20.3 Å². The molecule has 0 aromatic rings. The number of nitrogens with zero attached hydrogens (tertiary/aromatic N) is 2. The Balaban J connectivity index is 2.56. The van der Waals surface area contributed by atoms with E-state index in [0.29, 0.717) is 19.0 Å². The standard InChI is InChI=1S/C12H20N2O4/c1-8(2)5-14-6-9(4-10(14)15)12(18)13(3)7-11(16)17/h8-9H,4-7H2,1-3H3,(H,16,17). The zero-order chi connectivity index (χ0) is 13.9. The largest absolute Gasteiger partial charge is 0.480 e. The van der Waals surface area contributed by atoms with Crippen molar-refractivity contribution in [3.05, 3.63) is 0 Å². The van der Waals surface area contributed by atoms with Gasteiger partial charge >= 0.3 is 5.97 Å². The quantitative estimate of drug-likeness (QED) is 0.753. The number of likely N-dealkylation sites (tertiary alicyclic amines) is 1. The predicted octanol–water partition coefficient (Wildman–Crippen LogP) is 0.0339. The molecular weight excluding hydrogens is 236 g/mol. The maximum Gasteiger partial charge on any atom is 0.323 e. The molecular formula is C12H20N2O4. The van der Waals surface area contributed by atoms with E-state index in [9.17, 15) is 14.4 Å². The summed E-state index contributed by atoms with van der Waals surface area (Å²) in [6, 6.07) is 0. The van der Waals surface area contributed by atoms with Crippen LogP contribution in [-0.4, -0.2) is 59.4 Å². The third-order valence-electron chi connectivity index (χ3n) is 2.90. The molecule has 0 aliphatic carbocycles. The first-order chi connectivity index (χ1) is 8.31. The number of carboxylic acids is 1. The number of aliphatic carboxylic acids is 1. The molecule has 0 spiro atoms. The van der Waals surface area contributed by atoms with Gasteiger partial charge in [-0.3, -0.25) is 14.4 Å². The molecule has 18 heavy (non-hydrogen) atoms. The van der Waals surface area contributed by atoms with Crippen LogP contribution in [0.25, 0.3) is 0 Å². The number of likely N-dealkylation sites (N-methyl/N-ethyl adjacent to an activating group) is 1. The SMILES string of the molecule is CC(C)CN1CC(C(=O)N(C)CC(=O)O)CC1=O. The van der Waals surface area contributed by atoms with Gasteiger partial charge in [-0.1, -0.05) is 13.8 Å². The highest BCUT2D eigenvalue weighted by atomic mass is 16.4. The second kappa shape index (κ2) is 5.84. The molecule has 2 amide bonds. The normalized spacial score (nSPS) is 19.4. The highest BCUT2D eigenvalue weighted by molar-refractivity contribution is 5.90. The topological polar surface area (TPSA) is 77.9 Å². The Bertz CT molecular complexity index is 354. The van der Waals surface area contributed by atoms with Gasteiger partial charge in [0.05, 0.1) is 5.92 Å². The summed E-state index contributed by atoms with van der Waals surface area (Å²) in [6.07, 6.45) is 0.190. The van der Waals surface area contributed by atoms with Gasteiger partial charge in [-0.15, -0.1) is 0 Å². The van der Waals surface area contributed by atoms with Crippen molar-refractivity contribution >= 4 is 17.8 Å². The Morgan fingerprint density at radius 3 is 2.61 bits per heavy atom. The molecule has 6 heteroatoms. The lowest BCUT2D eigenvalue weighted by Crippen LogP contribution is -2.38. The summed E-state index contributed by atoms with van der Waals surface area (Å²) in [5.41, 5.74) is 0. The first kappa shape index (κ1) is 14.5. The number of hydrogen-bond acceptors (Lipinski definition) is 3. The van der Waals surface area contributed by atoms with E-state index < -0.39 is 11.9 Å². The minimum absolute atomic E-state index is 0.0224. The van der Waals surface area contributed by atoms with E-state index >= 15 is 0 Å². The van der Waals surface area contributed by atoms with Crippen molar-refractivity contribution in [1.29, 1.82) is 0 Å². The van der Waals surface area contributed by atoms with Crippen molar-refractivity contribution in [2.24, 2.45) is 11.8 Å². The first-order valence-corrected chi connectivity index (χ1v) is 6.05. The van der Waals surface area contributed by atoms with Gasteiger partial charge in [-0.05, 0) is 5.92 Å². The molecule has 0 bridgehead atoms. The zero-order valence-electron chi connectivity index (χ0n) is 11.0. The molecule has 0 radical (unpaired) electrons. The molecule has 102 valence electrons. The van der Waals surface area contributed by atoms with Crippen LogP contribution in [0.2, 0.25) is 0 Å². The Morgan fingerprint density at radius 2 is 2.11 bits per heavy atom. The van der Waals surface area contributed by atoms with Crippen LogP contribution >= 0.6 is 0 Å². The highest BCUT2D eigenvalue weighted by Crippen LogP contribution is 2.20. The van der Waals surface area contributed by atoms with Crippen LogP contribution in [-0.2, 0) is 14.4 Å². The van der Waals surface area contributed by atoms with Gasteiger partial charge in [0.1, 0.15) is 6.54 Å². The molecule has 1 aliphatic rings. The van der Waals surface area contributed by atoms with E-state index in [1.807, 2.05) is 13.8 Å². The van der Waals surface area contributed by atoms with Crippen molar-refractivity contribution in [2.75, 3.05) is 26.7 Å². The first-order valence-electron chi connectivity index (χ1n) is 6.05. The second-order valence-electron chi connectivity index (χ2n) is 5.18. The van der Waals surface area contributed by atoms with E-state index in [4.69, 9.17) is 5.11 Å². The maximum atomic E-state index is 11.9. The average Bonchev–Trinajstić information content (AvgIpc) is 2.57. The Morgan fingerprint density at radius 1 is 1.50 bits per heavy atom. The molecule has 0 aromatic heterocycles. The molecule has 0 saturated carbocycles. The predicted molar refractivity (Wildman–Crippen MR) is 64.8 cm³/mol. The molecule has 1 rings (SSSR count). The second-order valence-corrected chi connectivity index (χ2v) is 5.18. The monoisotopic (exact) mass is 256 g/mol. The van der Waals surface area contributed by atoms with E-state index in [-0.39, 0.29) is 24.8 Å². The van der Waals surface area contributed by atoms with Crippen molar-refractivity contribution in [3.63, 3.8) is 0 Å². The molecule has 1 aliphatic heterocycles. The van der Waals surface area contributed by atoms with Crippen molar-refractivity contribution < 1.29 is 19.5 Å². The Kier molecular flexibility index (Phi) is 4.69. The summed E-state index contributed by atoms with van der Waals surface area (Å²) in [7, 11) is 1.45. The van der Waals surface area contributed by atoms with Gasteiger partial charge in [-0.2, -0.15) is 0 Å². The molecule has 1 fully saturated rings. The summed E-state index contributed by atoms with van der Waals surface area (Å²) in [6.45, 7) is 4.75. The van der Waals surface area contributed by atoms with Gasteiger partial charge in [0.2, 0.25) is 11.8 Å². The number of carbonyl (C=O) groups is 3. The molecule has 1 saturated heterocycles. The number of hydrogen-bond donors (Lipinski definition) is 1. The van der Waals surface area contributed by atoms with Crippen LogP contribution in [0.3, 0.4) is 0 Å². The average molecular weight is 256 g/mol. The van der Waals surface area contributed by atoms with Crippen LogP contribution in [0.15, 0.2) is 0 Å². The van der Waals surface area contributed by atoms with Gasteiger partial charge in [0.15, 0.2) is 0 Å². The summed E-state index contributed by atoms with van der Waals surface area (Å²) in [4.78, 5) is 37.0. The lowest BCUT2D eigenvalue weighted by molar-refractivity contribution is -0.145. The zero-order valence-corrected chi connectivity index (χ0v) is 11.0. The summed E-state index contributed by atoms with van der Waals surface area (Å²) in [5, 5.41) is 8.63.